The van der Waals surface area contributed by atoms with Crippen molar-refractivity contribution in [1.29, 1.82) is 0 Å². The molecule has 3 nitrogen and oxygen atoms in total. The molecule has 3 heteroatoms. The second-order valence-electron chi connectivity index (χ2n) is 6.38. The number of unbranched alkanes of at least 4 members (excludes halogenated alkanes) is 5. The molecule has 0 aliphatic heterocycles. The Morgan fingerprint density at radius 1 is 0.920 bits per heavy atom. The molecule has 0 spiro atoms. The van der Waals surface area contributed by atoms with Crippen LogP contribution in [0.3, 0.4) is 0 Å². The number of rotatable bonds is 11. The highest BCUT2D eigenvalue weighted by molar-refractivity contribution is 5.70. The molecule has 0 atom stereocenters. The number of pyridine rings is 1. The van der Waals surface area contributed by atoms with Crippen molar-refractivity contribution in [3.8, 4) is 22.8 Å². The van der Waals surface area contributed by atoms with Crippen molar-refractivity contribution < 1.29 is 9.47 Å². The second-order valence-corrected chi connectivity index (χ2v) is 6.38. The lowest BCUT2D eigenvalue weighted by molar-refractivity contribution is 0.303. The predicted octanol–water partition coefficient (Wildman–Crippen LogP) is 6.20. The van der Waals surface area contributed by atoms with Gasteiger partial charge in [-0.1, -0.05) is 51.2 Å². The van der Waals surface area contributed by atoms with Crippen LogP contribution in [0.1, 0.15) is 57.9 Å². The molecule has 1 heterocycles. The van der Waals surface area contributed by atoms with Crippen LogP contribution in [0.15, 0.2) is 36.5 Å². The van der Waals surface area contributed by atoms with Gasteiger partial charge in [0.25, 0.3) is 0 Å². The molecular formula is C22H31NO2. The third-order valence-electron chi connectivity index (χ3n) is 4.27. The van der Waals surface area contributed by atoms with Gasteiger partial charge in [-0.15, -0.1) is 0 Å². The fourth-order valence-electron chi connectivity index (χ4n) is 2.92. The largest absolute Gasteiger partial charge is 0.494 e. The molecule has 2 aromatic rings. The summed E-state index contributed by atoms with van der Waals surface area (Å²) >= 11 is 0. The summed E-state index contributed by atoms with van der Waals surface area (Å²) in [6.07, 6.45) is 9.39. The Labute approximate surface area is 152 Å². The Morgan fingerprint density at radius 3 is 2.52 bits per heavy atom. The number of ether oxygens (including phenoxy) is 2. The lowest BCUT2D eigenvalue weighted by Gasteiger charge is -2.14. The molecule has 136 valence electrons. The summed E-state index contributed by atoms with van der Waals surface area (Å²) in [6, 6.07) is 10.1. The normalized spacial score (nSPS) is 10.7. The van der Waals surface area contributed by atoms with Gasteiger partial charge in [-0.3, -0.25) is 4.98 Å². The second kappa shape index (κ2) is 10.8. The van der Waals surface area contributed by atoms with Crippen molar-refractivity contribution in [2.45, 2.75) is 59.3 Å². The maximum atomic E-state index is 6.15. The van der Waals surface area contributed by atoms with Crippen LogP contribution < -0.4 is 9.47 Å². The van der Waals surface area contributed by atoms with Crippen molar-refractivity contribution in [3.05, 3.63) is 42.1 Å². The Bertz CT molecular complexity index is 640. The minimum Gasteiger partial charge on any atom is -0.494 e. The fraction of sp³-hybridized carbons (Fsp3) is 0.500. The molecule has 2 rings (SSSR count). The van der Waals surface area contributed by atoms with Crippen LogP contribution in [-0.2, 0) is 0 Å². The predicted molar refractivity (Wildman–Crippen MR) is 104 cm³/mol. The summed E-state index contributed by atoms with van der Waals surface area (Å²) in [7, 11) is 0. The molecule has 0 aliphatic rings. The number of aryl methyl sites for hydroxylation is 1. The molecule has 0 saturated heterocycles. The van der Waals surface area contributed by atoms with E-state index in [1.165, 1.54) is 32.1 Å². The number of hydrogen-bond donors (Lipinski definition) is 0. The van der Waals surface area contributed by atoms with Crippen LogP contribution in [0.5, 0.6) is 11.5 Å². The first-order valence-electron chi connectivity index (χ1n) is 9.57. The maximum absolute atomic E-state index is 6.15. The first-order valence-corrected chi connectivity index (χ1v) is 9.57. The van der Waals surface area contributed by atoms with Gasteiger partial charge in [-0.05, 0) is 38.0 Å². The average molecular weight is 341 g/mol. The number of nitrogens with zero attached hydrogens (tertiary/aromatic N) is 1. The standard InChI is InChI=1S/C22H31NO2/c1-4-6-7-8-9-10-16-25-22-18(3)12-11-13-20(22)21-17-19(24-5-2)14-15-23-21/h11-15,17H,4-10,16H2,1-3H3. The Hall–Kier alpha value is -2.03. The molecule has 0 N–H and O–H groups in total. The van der Waals surface area contributed by atoms with E-state index in [1.54, 1.807) is 6.20 Å². The number of aromatic nitrogens is 1. The van der Waals surface area contributed by atoms with Crippen LogP contribution in [-0.4, -0.2) is 18.2 Å². The highest BCUT2D eigenvalue weighted by Gasteiger charge is 2.11. The van der Waals surface area contributed by atoms with E-state index in [0.29, 0.717) is 6.61 Å². The van der Waals surface area contributed by atoms with Crippen LogP contribution in [0.25, 0.3) is 11.3 Å². The molecular weight excluding hydrogens is 310 g/mol. The first kappa shape index (κ1) is 19.3. The summed E-state index contributed by atoms with van der Waals surface area (Å²) in [5.41, 5.74) is 3.08. The van der Waals surface area contributed by atoms with Crippen molar-refractivity contribution in [2.75, 3.05) is 13.2 Å². The van der Waals surface area contributed by atoms with Crippen molar-refractivity contribution >= 4 is 0 Å². The van der Waals surface area contributed by atoms with Gasteiger partial charge in [0.2, 0.25) is 0 Å². The lowest BCUT2D eigenvalue weighted by Crippen LogP contribution is -2.01. The van der Waals surface area contributed by atoms with E-state index in [0.717, 1.165) is 41.3 Å². The molecule has 0 aliphatic carbocycles. The molecule has 1 aromatic heterocycles. The van der Waals surface area contributed by atoms with Crippen LogP contribution >= 0.6 is 0 Å². The molecule has 0 radical (unpaired) electrons. The van der Waals surface area contributed by atoms with E-state index in [4.69, 9.17) is 9.47 Å². The van der Waals surface area contributed by atoms with E-state index in [2.05, 4.69) is 37.0 Å². The van der Waals surface area contributed by atoms with Gasteiger partial charge >= 0.3 is 0 Å². The van der Waals surface area contributed by atoms with E-state index in [1.807, 2.05) is 19.1 Å². The van der Waals surface area contributed by atoms with E-state index >= 15 is 0 Å². The zero-order chi connectivity index (χ0) is 17.9. The van der Waals surface area contributed by atoms with E-state index < -0.39 is 0 Å². The zero-order valence-corrected chi connectivity index (χ0v) is 15.9. The Kier molecular flexibility index (Phi) is 8.30. The van der Waals surface area contributed by atoms with Crippen LogP contribution in [0.4, 0.5) is 0 Å². The average Bonchev–Trinajstić information content (AvgIpc) is 2.62. The maximum Gasteiger partial charge on any atom is 0.131 e. The van der Waals surface area contributed by atoms with Crippen molar-refractivity contribution in [3.63, 3.8) is 0 Å². The number of para-hydroxylation sites is 1. The minimum atomic E-state index is 0.651. The topological polar surface area (TPSA) is 31.4 Å². The zero-order valence-electron chi connectivity index (χ0n) is 15.9. The number of hydrogen-bond acceptors (Lipinski definition) is 3. The highest BCUT2D eigenvalue weighted by Crippen LogP contribution is 2.33. The van der Waals surface area contributed by atoms with Gasteiger partial charge in [0.1, 0.15) is 11.5 Å². The molecule has 0 amide bonds. The lowest BCUT2D eigenvalue weighted by atomic mass is 10.1. The smallest absolute Gasteiger partial charge is 0.131 e. The quantitative estimate of drug-likeness (QED) is 0.456. The molecule has 0 saturated carbocycles. The fourth-order valence-corrected chi connectivity index (χ4v) is 2.92. The van der Waals surface area contributed by atoms with Gasteiger partial charge in [0, 0.05) is 17.8 Å². The van der Waals surface area contributed by atoms with E-state index in [9.17, 15) is 0 Å². The third kappa shape index (κ3) is 6.08. The summed E-state index contributed by atoms with van der Waals surface area (Å²) in [6.45, 7) is 7.74. The van der Waals surface area contributed by atoms with Gasteiger partial charge in [0.15, 0.2) is 0 Å². The van der Waals surface area contributed by atoms with Crippen LogP contribution in [0.2, 0.25) is 0 Å². The van der Waals surface area contributed by atoms with Crippen LogP contribution in [0, 0.1) is 6.92 Å². The molecule has 0 unspecified atom stereocenters. The highest BCUT2D eigenvalue weighted by atomic mass is 16.5. The molecule has 0 bridgehead atoms. The van der Waals surface area contributed by atoms with E-state index in [-0.39, 0.29) is 0 Å². The first-order chi connectivity index (χ1) is 12.3. The van der Waals surface area contributed by atoms with Crippen molar-refractivity contribution in [1.82, 2.24) is 4.98 Å². The SMILES string of the molecule is CCCCCCCCOc1c(C)cccc1-c1cc(OCC)ccn1. The monoisotopic (exact) mass is 341 g/mol. The summed E-state index contributed by atoms with van der Waals surface area (Å²) in [5.74, 6) is 1.79. The summed E-state index contributed by atoms with van der Waals surface area (Å²) in [4.78, 5) is 4.51. The molecule has 25 heavy (non-hydrogen) atoms. The number of benzene rings is 1. The Morgan fingerprint density at radius 2 is 1.72 bits per heavy atom. The van der Waals surface area contributed by atoms with Crippen molar-refractivity contribution in [2.24, 2.45) is 0 Å². The molecule has 1 aromatic carbocycles. The van der Waals surface area contributed by atoms with Gasteiger partial charge < -0.3 is 9.47 Å². The molecule has 0 fully saturated rings. The minimum absolute atomic E-state index is 0.651. The van der Waals surface area contributed by atoms with Gasteiger partial charge in [0.05, 0.1) is 18.9 Å². The van der Waals surface area contributed by atoms with Gasteiger partial charge in [-0.2, -0.15) is 0 Å². The summed E-state index contributed by atoms with van der Waals surface area (Å²) in [5, 5.41) is 0. The summed E-state index contributed by atoms with van der Waals surface area (Å²) < 4.78 is 11.8. The van der Waals surface area contributed by atoms with Gasteiger partial charge in [-0.25, -0.2) is 0 Å². The third-order valence-corrected chi connectivity index (χ3v) is 4.27. The Balaban J connectivity index is 2.02.